The molecule has 0 aliphatic heterocycles. The molecule has 0 unspecified atom stereocenters. The summed E-state index contributed by atoms with van der Waals surface area (Å²) in [5.74, 6) is 0.840. The van der Waals surface area contributed by atoms with Gasteiger partial charge in [0.25, 0.3) is 5.89 Å². The van der Waals surface area contributed by atoms with Crippen molar-refractivity contribution in [2.24, 2.45) is 0 Å². The number of rotatable bonds is 2. The Labute approximate surface area is 131 Å². The Bertz CT molecular complexity index is 773. The van der Waals surface area contributed by atoms with Crippen LogP contribution in [-0.4, -0.2) is 15.1 Å². The topological polar surface area (TPSA) is 77.8 Å². The van der Waals surface area contributed by atoms with E-state index in [0.29, 0.717) is 23.0 Å². The summed E-state index contributed by atoms with van der Waals surface area (Å²) in [7, 11) is 0. The Morgan fingerprint density at radius 3 is 2.70 bits per heavy atom. The van der Waals surface area contributed by atoms with Crippen LogP contribution in [-0.2, 0) is 0 Å². The Hall–Kier alpha value is -1.73. The fourth-order valence-electron chi connectivity index (χ4n) is 1.70. The average molecular weight is 396 g/mol. The molecule has 2 aromatic heterocycles. The molecule has 0 bridgehead atoms. The van der Waals surface area contributed by atoms with Crippen molar-refractivity contribution in [1.82, 2.24) is 15.1 Å². The van der Waals surface area contributed by atoms with E-state index in [0.717, 1.165) is 14.5 Å². The van der Waals surface area contributed by atoms with Gasteiger partial charge in [0, 0.05) is 32.6 Å². The molecule has 0 aliphatic rings. The summed E-state index contributed by atoms with van der Waals surface area (Å²) < 4.78 is 7.02. The minimum Gasteiger partial charge on any atom is -0.398 e. The zero-order chi connectivity index (χ0) is 14.1. The third-order valence-corrected chi connectivity index (χ3v) is 3.56. The quantitative estimate of drug-likeness (QED) is 0.665. The molecule has 0 spiro atoms. The molecular weight excluding hydrogens is 388 g/mol. The van der Waals surface area contributed by atoms with Gasteiger partial charge in [0.2, 0.25) is 5.82 Å². The van der Waals surface area contributed by atoms with E-state index in [9.17, 15) is 0 Å². The number of hydrogen-bond donors (Lipinski definition) is 1. The Kier molecular flexibility index (Phi) is 3.54. The van der Waals surface area contributed by atoms with Crippen LogP contribution in [0.15, 0.2) is 50.1 Å². The minimum atomic E-state index is 0.374. The summed E-state index contributed by atoms with van der Waals surface area (Å²) in [6, 6.07) is 7.34. The van der Waals surface area contributed by atoms with Crippen molar-refractivity contribution in [2.75, 3.05) is 5.73 Å². The first-order chi connectivity index (χ1) is 9.63. The first-order valence-corrected chi connectivity index (χ1v) is 7.22. The van der Waals surface area contributed by atoms with Crippen LogP contribution in [0.25, 0.3) is 22.8 Å². The maximum absolute atomic E-state index is 5.93. The van der Waals surface area contributed by atoms with Gasteiger partial charge >= 0.3 is 0 Å². The van der Waals surface area contributed by atoms with Crippen molar-refractivity contribution < 1.29 is 4.52 Å². The Morgan fingerprint density at radius 2 is 1.90 bits per heavy atom. The third-order valence-electron chi connectivity index (χ3n) is 2.63. The normalized spacial score (nSPS) is 10.7. The summed E-state index contributed by atoms with van der Waals surface area (Å²) in [6.45, 7) is 0. The van der Waals surface area contributed by atoms with Gasteiger partial charge in [0.15, 0.2) is 0 Å². The zero-order valence-electron chi connectivity index (χ0n) is 10.0. The number of benzene rings is 1. The number of nitrogen functional groups attached to an aromatic ring is 1. The van der Waals surface area contributed by atoms with Crippen LogP contribution in [0.1, 0.15) is 0 Å². The molecule has 2 heterocycles. The number of nitrogens with zero attached hydrogens (tertiary/aromatic N) is 3. The zero-order valence-corrected chi connectivity index (χ0v) is 13.2. The molecule has 100 valence electrons. The van der Waals surface area contributed by atoms with Crippen molar-refractivity contribution in [3.63, 3.8) is 0 Å². The van der Waals surface area contributed by atoms with Crippen molar-refractivity contribution in [3.05, 3.63) is 45.6 Å². The van der Waals surface area contributed by atoms with Crippen molar-refractivity contribution in [1.29, 1.82) is 0 Å². The summed E-state index contributed by atoms with van der Waals surface area (Å²) in [6.07, 6.45) is 3.36. The molecule has 3 rings (SSSR count). The van der Waals surface area contributed by atoms with E-state index in [1.54, 1.807) is 18.5 Å². The lowest BCUT2D eigenvalue weighted by molar-refractivity contribution is 0.432. The molecule has 0 aliphatic carbocycles. The van der Waals surface area contributed by atoms with E-state index >= 15 is 0 Å². The second-order valence-corrected chi connectivity index (χ2v) is 5.88. The number of anilines is 1. The van der Waals surface area contributed by atoms with Crippen molar-refractivity contribution in [2.45, 2.75) is 0 Å². The SMILES string of the molecule is Nc1ccc(Br)cc1-c1nc(-c2cncc(Br)c2)no1. The van der Waals surface area contributed by atoms with Crippen LogP contribution in [0, 0.1) is 0 Å². The number of hydrogen-bond acceptors (Lipinski definition) is 5. The number of nitrogens with two attached hydrogens (primary N) is 1. The van der Waals surface area contributed by atoms with Crippen LogP contribution in [0.5, 0.6) is 0 Å². The first-order valence-electron chi connectivity index (χ1n) is 5.63. The summed E-state index contributed by atoms with van der Waals surface area (Å²) in [5, 5.41) is 3.96. The molecule has 0 saturated carbocycles. The molecule has 0 saturated heterocycles. The molecule has 5 nitrogen and oxygen atoms in total. The first kappa shape index (κ1) is 13.3. The third kappa shape index (κ3) is 2.59. The van der Waals surface area contributed by atoms with Gasteiger partial charge in [0.05, 0.1) is 5.56 Å². The van der Waals surface area contributed by atoms with E-state index in [4.69, 9.17) is 10.3 Å². The molecule has 0 radical (unpaired) electrons. The highest BCUT2D eigenvalue weighted by Gasteiger charge is 2.13. The largest absolute Gasteiger partial charge is 0.398 e. The van der Waals surface area contributed by atoms with Gasteiger partial charge in [-0.15, -0.1) is 0 Å². The molecule has 2 N–H and O–H groups in total. The van der Waals surface area contributed by atoms with E-state index < -0.39 is 0 Å². The molecule has 0 atom stereocenters. The van der Waals surface area contributed by atoms with Gasteiger partial charge < -0.3 is 10.3 Å². The Morgan fingerprint density at radius 1 is 1.05 bits per heavy atom. The second kappa shape index (κ2) is 5.34. The Balaban J connectivity index is 2.04. The fourth-order valence-corrected chi connectivity index (χ4v) is 2.42. The number of halogens is 2. The fraction of sp³-hybridized carbons (Fsp3) is 0. The predicted molar refractivity (Wildman–Crippen MR) is 82.8 cm³/mol. The molecule has 1 aromatic carbocycles. The van der Waals surface area contributed by atoms with Crippen LogP contribution in [0.2, 0.25) is 0 Å². The lowest BCUT2D eigenvalue weighted by Gasteiger charge is -2.00. The highest BCUT2D eigenvalue weighted by molar-refractivity contribution is 9.10. The van der Waals surface area contributed by atoms with Gasteiger partial charge in [-0.25, -0.2) is 0 Å². The second-order valence-electron chi connectivity index (χ2n) is 4.05. The van der Waals surface area contributed by atoms with Gasteiger partial charge in [0.1, 0.15) is 0 Å². The lowest BCUT2D eigenvalue weighted by Crippen LogP contribution is -1.90. The van der Waals surface area contributed by atoms with Gasteiger partial charge in [-0.1, -0.05) is 21.1 Å². The standard InChI is InChI=1S/C13H8Br2N4O/c14-8-1-2-11(16)10(4-8)13-18-12(19-20-13)7-3-9(15)6-17-5-7/h1-6H,16H2. The van der Waals surface area contributed by atoms with Gasteiger partial charge in [-0.3, -0.25) is 4.98 Å². The molecule has 3 aromatic rings. The van der Waals surface area contributed by atoms with Crippen LogP contribution in [0.3, 0.4) is 0 Å². The summed E-state index contributed by atoms with van der Waals surface area (Å²) in [5.41, 5.74) is 7.97. The number of pyridine rings is 1. The highest BCUT2D eigenvalue weighted by atomic mass is 79.9. The van der Waals surface area contributed by atoms with E-state index in [-0.39, 0.29) is 0 Å². The van der Waals surface area contributed by atoms with Gasteiger partial charge in [-0.2, -0.15) is 4.98 Å². The van der Waals surface area contributed by atoms with E-state index in [1.807, 2.05) is 18.2 Å². The lowest BCUT2D eigenvalue weighted by atomic mass is 10.2. The van der Waals surface area contributed by atoms with Crippen LogP contribution >= 0.6 is 31.9 Å². The predicted octanol–water partition coefficient (Wildman–Crippen LogP) is 3.91. The molecule has 7 heteroatoms. The maximum atomic E-state index is 5.93. The van der Waals surface area contributed by atoms with Crippen LogP contribution < -0.4 is 5.73 Å². The maximum Gasteiger partial charge on any atom is 0.260 e. The van der Waals surface area contributed by atoms with E-state index in [2.05, 4.69) is 47.0 Å². The molecular formula is C13H8Br2N4O. The van der Waals surface area contributed by atoms with E-state index in [1.165, 1.54) is 0 Å². The number of aromatic nitrogens is 3. The van der Waals surface area contributed by atoms with Crippen molar-refractivity contribution in [3.8, 4) is 22.8 Å². The van der Waals surface area contributed by atoms with Crippen LogP contribution in [0.4, 0.5) is 5.69 Å². The van der Waals surface area contributed by atoms with Crippen molar-refractivity contribution >= 4 is 37.5 Å². The smallest absolute Gasteiger partial charge is 0.260 e. The summed E-state index contributed by atoms with van der Waals surface area (Å²) >= 11 is 6.75. The monoisotopic (exact) mass is 394 g/mol. The molecule has 0 amide bonds. The minimum absolute atomic E-state index is 0.374. The molecule has 0 fully saturated rings. The van der Waals surface area contributed by atoms with Gasteiger partial charge in [-0.05, 0) is 40.2 Å². The molecule has 20 heavy (non-hydrogen) atoms. The average Bonchev–Trinajstić information content (AvgIpc) is 2.91. The summed E-state index contributed by atoms with van der Waals surface area (Å²) in [4.78, 5) is 8.43. The highest BCUT2D eigenvalue weighted by Crippen LogP contribution is 2.29.